The topological polar surface area (TPSA) is 66.6 Å². The largest absolute Gasteiger partial charge is 0.444 e. The van der Waals surface area contributed by atoms with Gasteiger partial charge in [-0.1, -0.05) is 51.1 Å². The molecular weight excluding hydrogens is 304 g/mol. The van der Waals surface area contributed by atoms with Gasteiger partial charge in [0.1, 0.15) is 5.76 Å². The Hall–Kier alpha value is -2.14. The highest BCUT2D eigenvalue weighted by Gasteiger charge is 2.24. The zero-order valence-electron chi connectivity index (χ0n) is 14.9. The molecule has 5 heteroatoms. The van der Waals surface area contributed by atoms with E-state index in [1.165, 1.54) is 0 Å². The Morgan fingerprint density at radius 2 is 1.92 bits per heavy atom. The van der Waals surface area contributed by atoms with Crippen molar-refractivity contribution in [3.8, 4) is 0 Å². The summed E-state index contributed by atoms with van der Waals surface area (Å²) >= 11 is 0. The van der Waals surface area contributed by atoms with Crippen molar-refractivity contribution in [3.05, 3.63) is 53.2 Å². The molecule has 0 aliphatic rings. The van der Waals surface area contributed by atoms with Gasteiger partial charge in [-0.2, -0.15) is 0 Å². The molecule has 1 heterocycles. The summed E-state index contributed by atoms with van der Waals surface area (Å²) in [6.07, 6.45) is 0.155. The molecule has 0 aliphatic carbocycles. The van der Waals surface area contributed by atoms with Crippen molar-refractivity contribution in [2.75, 3.05) is 13.2 Å². The molecule has 0 saturated heterocycles. The van der Waals surface area contributed by atoms with Gasteiger partial charge >= 0.3 is 0 Å². The molecule has 0 unspecified atom stereocenters. The number of carbonyl (C=O) groups is 1. The van der Waals surface area contributed by atoms with Crippen LogP contribution in [-0.4, -0.2) is 34.0 Å². The van der Waals surface area contributed by atoms with Crippen LogP contribution >= 0.6 is 0 Å². The first-order valence-electron chi connectivity index (χ1n) is 8.20. The summed E-state index contributed by atoms with van der Waals surface area (Å²) in [5, 5.41) is 9.27. The maximum Gasteiger partial charge on any atom is 0.230 e. The molecule has 0 saturated carbocycles. The average molecular weight is 330 g/mol. The van der Waals surface area contributed by atoms with Crippen molar-refractivity contribution >= 4 is 5.91 Å². The predicted octanol–water partition coefficient (Wildman–Crippen LogP) is 2.84. The lowest BCUT2D eigenvalue weighted by atomic mass is 9.97. The van der Waals surface area contributed by atoms with E-state index in [0.717, 1.165) is 11.3 Å². The second-order valence-electron chi connectivity index (χ2n) is 6.98. The highest BCUT2D eigenvalue weighted by atomic mass is 16.4. The van der Waals surface area contributed by atoms with E-state index < -0.39 is 0 Å². The van der Waals surface area contributed by atoms with Gasteiger partial charge in [0.15, 0.2) is 5.89 Å². The number of hydrogen-bond acceptors (Lipinski definition) is 4. The maximum atomic E-state index is 12.6. The minimum absolute atomic E-state index is 0.0683. The van der Waals surface area contributed by atoms with Gasteiger partial charge < -0.3 is 14.4 Å². The van der Waals surface area contributed by atoms with Crippen molar-refractivity contribution in [2.45, 2.75) is 46.1 Å². The Bertz CT molecular complexity index is 672. The molecule has 0 fully saturated rings. The molecule has 1 aromatic carbocycles. The summed E-state index contributed by atoms with van der Waals surface area (Å²) in [5.41, 5.74) is 1.59. The second kappa shape index (κ2) is 7.62. The quantitative estimate of drug-likeness (QED) is 0.884. The Morgan fingerprint density at radius 1 is 1.25 bits per heavy atom. The lowest BCUT2D eigenvalue weighted by Crippen LogP contribution is -2.34. The number of rotatable bonds is 6. The highest BCUT2D eigenvalue weighted by molar-refractivity contribution is 5.78. The Morgan fingerprint density at radius 3 is 2.46 bits per heavy atom. The smallest absolute Gasteiger partial charge is 0.230 e. The Kier molecular flexibility index (Phi) is 5.78. The summed E-state index contributed by atoms with van der Waals surface area (Å²) in [4.78, 5) is 18.7. The van der Waals surface area contributed by atoms with Crippen molar-refractivity contribution in [1.82, 2.24) is 9.88 Å². The summed E-state index contributed by atoms with van der Waals surface area (Å²) in [5.74, 6) is 1.16. The molecule has 2 rings (SSSR count). The lowest BCUT2D eigenvalue weighted by molar-refractivity contribution is -0.131. The van der Waals surface area contributed by atoms with Crippen molar-refractivity contribution in [1.29, 1.82) is 0 Å². The molecule has 2 aromatic rings. The van der Waals surface area contributed by atoms with Crippen LogP contribution < -0.4 is 0 Å². The van der Waals surface area contributed by atoms with Gasteiger partial charge in [0.2, 0.25) is 5.91 Å². The van der Waals surface area contributed by atoms with Crippen LogP contribution in [0.1, 0.15) is 43.7 Å². The molecule has 130 valence electrons. The maximum absolute atomic E-state index is 12.6. The summed E-state index contributed by atoms with van der Waals surface area (Å²) in [6.45, 7) is 8.63. The van der Waals surface area contributed by atoms with E-state index in [-0.39, 0.29) is 24.3 Å². The van der Waals surface area contributed by atoms with Crippen molar-refractivity contribution < 1.29 is 14.3 Å². The van der Waals surface area contributed by atoms with Crippen LogP contribution in [0.3, 0.4) is 0 Å². The standard InChI is InChI=1S/C19H26N2O3/c1-14-16(24-18(20-14)19(2,3)4)12-17(23)21(10-11-22)13-15-8-6-5-7-9-15/h5-9,22H,10-13H2,1-4H3. The van der Waals surface area contributed by atoms with Gasteiger partial charge in [0, 0.05) is 18.5 Å². The van der Waals surface area contributed by atoms with Crippen LogP contribution in [0, 0.1) is 6.92 Å². The fourth-order valence-corrected chi connectivity index (χ4v) is 2.38. The van der Waals surface area contributed by atoms with Crippen molar-refractivity contribution in [3.63, 3.8) is 0 Å². The van der Waals surface area contributed by atoms with Gasteiger partial charge in [0.25, 0.3) is 0 Å². The van der Waals surface area contributed by atoms with E-state index in [1.54, 1.807) is 4.90 Å². The zero-order chi connectivity index (χ0) is 17.7. The Balaban J connectivity index is 2.12. The molecular formula is C19H26N2O3. The summed E-state index contributed by atoms with van der Waals surface area (Å²) < 4.78 is 5.81. The minimum Gasteiger partial charge on any atom is -0.444 e. The molecule has 0 aliphatic heterocycles. The molecule has 1 amide bonds. The number of amides is 1. The van der Waals surface area contributed by atoms with E-state index >= 15 is 0 Å². The molecule has 5 nitrogen and oxygen atoms in total. The first kappa shape index (κ1) is 18.2. The van der Waals surface area contributed by atoms with Crippen molar-refractivity contribution in [2.24, 2.45) is 0 Å². The van der Waals surface area contributed by atoms with Gasteiger partial charge in [-0.05, 0) is 12.5 Å². The van der Waals surface area contributed by atoms with Gasteiger partial charge in [0.05, 0.1) is 18.7 Å². The van der Waals surface area contributed by atoms with Crippen LogP contribution in [0.4, 0.5) is 0 Å². The molecule has 0 radical (unpaired) electrons. The third-order valence-corrected chi connectivity index (χ3v) is 3.78. The van der Waals surface area contributed by atoms with Crippen LogP contribution in [0.2, 0.25) is 0 Å². The van der Waals surface area contributed by atoms with E-state index in [0.29, 0.717) is 24.7 Å². The van der Waals surface area contributed by atoms with E-state index in [4.69, 9.17) is 4.42 Å². The number of aromatic nitrogens is 1. The number of benzene rings is 1. The molecule has 1 N–H and O–H groups in total. The SMILES string of the molecule is Cc1nc(C(C)(C)C)oc1CC(=O)N(CCO)Cc1ccccc1. The lowest BCUT2D eigenvalue weighted by Gasteiger charge is -2.21. The summed E-state index contributed by atoms with van der Waals surface area (Å²) in [7, 11) is 0. The zero-order valence-corrected chi connectivity index (χ0v) is 14.9. The normalized spacial score (nSPS) is 11.5. The predicted molar refractivity (Wildman–Crippen MR) is 92.6 cm³/mol. The van der Waals surface area contributed by atoms with E-state index in [1.807, 2.05) is 58.0 Å². The van der Waals surface area contributed by atoms with Gasteiger partial charge in [-0.3, -0.25) is 4.79 Å². The van der Waals surface area contributed by atoms with E-state index in [9.17, 15) is 9.90 Å². The molecule has 24 heavy (non-hydrogen) atoms. The van der Waals surface area contributed by atoms with Crippen LogP contribution in [0.15, 0.2) is 34.7 Å². The summed E-state index contributed by atoms with van der Waals surface area (Å²) in [6, 6.07) is 9.75. The Labute approximate surface area is 143 Å². The van der Waals surface area contributed by atoms with Crippen LogP contribution in [0.5, 0.6) is 0 Å². The van der Waals surface area contributed by atoms with Gasteiger partial charge in [-0.15, -0.1) is 0 Å². The van der Waals surface area contributed by atoms with Gasteiger partial charge in [-0.25, -0.2) is 4.98 Å². The third kappa shape index (κ3) is 4.68. The average Bonchev–Trinajstić information content (AvgIpc) is 2.89. The molecule has 1 aromatic heterocycles. The van der Waals surface area contributed by atoms with Crippen LogP contribution in [0.25, 0.3) is 0 Å². The molecule has 0 bridgehead atoms. The monoisotopic (exact) mass is 330 g/mol. The molecule has 0 atom stereocenters. The first-order chi connectivity index (χ1) is 11.3. The number of aliphatic hydroxyl groups is 1. The van der Waals surface area contributed by atoms with Crippen LogP contribution in [-0.2, 0) is 23.2 Å². The second-order valence-corrected chi connectivity index (χ2v) is 6.98. The number of hydrogen-bond donors (Lipinski definition) is 1. The minimum atomic E-state index is -0.194. The fourth-order valence-electron chi connectivity index (χ4n) is 2.38. The fraction of sp³-hybridized carbons (Fsp3) is 0.474. The third-order valence-electron chi connectivity index (χ3n) is 3.78. The molecule has 0 spiro atoms. The first-order valence-corrected chi connectivity index (χ1v) is 8.20. The highest BCUT2D eigenvalue weighted by Crippen LogP contribution is 2.24. The number of aryl methyl sites for hydroxylation is 1. The number of nitrogens with zero attached hydrogens (tertiary/aromatic N) is 2. The van der Waals surface area contributed by atoms with E-state index in [2.05, 4.69) is 4.98 Å². The number of oxazole rings is 1. The number of carbonyl (C=O) groups excluding carboxylic acids is 1. The number of aliphatic hydroxyl groups excluding tert-OH is 1.